The molecule has 176 valence electrons. The van der Waals surface area contributed by atoms with E-state index >= 15 is 0 Å². The summed E-state index contributed by atoms with van der Waals surface area (Å²) in [6.07, 6.45) is -1.86. The Morgan fingerprint density at radius 3 is 1.97 bits per heavy atom. The van der Waals surface area contributed by atoms with Crippen molar-refractivity contribution in [3.63, 3.8) is 0 Å². The lowest BCUT2D eigenvalue weighted by Crippen LogP contribution is -2.43. The van der Waals surface area contributed by atoms with Gasteiger partial charge in [0, 0.05) is 5.92 Å². The molecule has 0 spiro atoms. The van der Waals surface area contributed by atoms with E-state index < -0.39 is 33.8 Å². The molecule has 3 amide bonds. The number of carbonyl (C=O) groups is 3. The Labute approximate surface area is 191 Å². The van der Waals surface area contributed by atoms with Crippen LogP contribution in [-0.2, 0) is 24.1 Å². The van der Waals surface area contributed by atoms with Gasteiger partial charge in [-0.2, -0.15) is 0 Å². The number of benzene rings is 2. The van der Waals surface area contributed by atoms with Crippen LogP contribution in [0.2, 0.25) is 0 Å². The van der Waals surface area contributed by atoms with Crippen molar-refractivity contribution in [3.05, 3.63) is 48.5 Å². The molecule has 0 radical (unpaired) electrons. The predicted molar refractivity (Wildman–Crippen MR) is 120 cm³/mol. The van der Waals surface area contributed by atoms with Crippen molar-refractivity contribution in [1.82, 2.24) is 10.6 Å². The lowest BCUT2D eigenvalue weighted by molar-refractivity contribution is -0.118. The molecule has 0 saturated carbocycles. The topological polar surface area (TPSA) is 152 Å². The van der Waals surface area contributed by atoms with E-state index in [4.69, 9.17) is 0 Å². The maximum Gasteiger partial charge on any atom is 0.413 e. The first-order valence-corrected chi connectivity index (χ1v) is 11.1. The van der Waals surface area contributed by atoms with Crippen LogP contribution in [0, 0.1) is 5.92 Å². The first-order chi connectivity index (χ1) is 15.6. The number of alkyl carbamates (subject to hydrolysis) is 2. The Bertz CT molecular complexity index is 1140. The number of methoxy groups -OCH3 is 2. The van der Waals surface area contributed by atoms with Crippen molar-refractivity contribution in [2.75, 3.05) is 19.5 Å². The van der Waals surface area contributed by atoms with E-state index in [1.54, 1.807) is 32.0 Å². The number of guanidine groups is 1. The summed E-state index contributed by atoms with van der Waals surface area (Å²) in [5.41, 5.74) is 0.0976. The number of hydrogen-bond acceptors (Lipinski definition) is 8. The third kappa shape index (κ3) is 6.77. The molecular weight excluding hydrogens is 452 g/mol. The third-order valence-corrected chi connectivity index (χ3v) is 5.93. The standard InChI is InChI=1S/C21H24N4O7S/c1-13(2)18(26)22-17-12-15(33(29,30)14-8-6-5-7-9-14)10-11-16(17)23-19(24-20(27)31-3)25-21(28)32-4/h5-13H,1-4H3,(H,22,26)(H2,23,24,25,27,28). The van der Waals surface area contributed by atoms with Crippen LogP contribution in [0.4, 0.5) is 21.0 Å². The second-order valence-corrected chi connectivity index (χ2v) is 8.78. The number of aliphatic imine (C=N–C) groups is 1. The van der Waals surface area contributed by atoms with Crippen LogP contribution in [0.1, 0.15) is 13.8 Å². The van der Waals surface area contributed by atoms with Gasteiger partial charge in [0.1, 0.15) is 0 Å². The second kappa shape index (κ2) is 11.1. The van der Waals surface area contributed by atoms with Gasteiger partial charge >= 0.3 is 12.2 Å². The Morgan fingerprint density at radius 1 is 0.879 bits per heavy atom. The first-order valence-electron chi connectivity index (χ1n) is 9.62. The molecule has 33 heavy (non-hydrogen) atoms. The highest BCUT2D eigenvalue weighted by Gasteiger charge is 2.21. The minimum Gasteiger partial charge on any atom is -0.453 e. The van der Waals surface area contributed by atoms with E-state index in [0.29, 0.717) is 0 Å². The van der Waals surface area contributed by atoms with Gasteiger partial charge < -0.3 is 14.8 Å². The normalized spacial score (nSPS) is 10.7. The summed E-state index contributed by atoms with van der Waals surface area (Å²) >= 11 is 0. The zero-order valence-corrected chi connectivity index (χ0v) is 19.2. The smallest absolute Gasteiger partial charge is 0.413 e. The summed E-state index contributed by atoms with van der Waals surface area (Å²) in [7, 11) is -1.66. The number of ether oxygens (including phenoxy) is 2. The summed E-state index contributed by atoms with van der Waals surface area (Å²) in [5.74, 6) is -1.19. The zero-order valence-electron chi connectivity index (χ0n) is 18.4. The SMILES string of the molecule is COC(=O)NC(=Nc1ccc(S(=O)(=O)c2ccccc2)cc1NC(=O)C(C)C)NC(=O)OC. The Balaban J connectivity index is 2.60. The number of amides is 3. The van der Waals surface area contributed by atoms with Crippen LogP contribution in [0.15, 0.2) is 63.3 Å². The van der Waals surface area contributed by atoms with Gasteiger partial charge in [-0.1, -0.05) is 32.0 Å². The van der Waals surface area contributed by atoms with Gasteiger partial charge in [0.25, 0.3) is 0 Å². The van der Waals surface area contributed by atoms with E-state index in [9.17, 15) is 22.8 Å². The molecule has 0 fully saturated rings. The van der Waals surface area contributed by atoms with Gasteiger partial charge in [-0.25, -0.2) is 23.0 Å². The summed E-state index contributed by atoms with van der Waals surface area (Å²) in [6, 6.07) is 11.6. The number of carbonyl (C=O) groups excluding carboxylic acids is 3. The van der Waals surface area contributed by atoms with E-state index in [1.807, 2.05) is 0 Å². The molecule has 12 heteroatoms. The molecule has 0 heterocycles. The molecule has 0 aliphatic carbocycles. The van der Waals surface area contributed by atoms with E-state index in [0.717, 1.165) is 14.2 Å². The average Bonchev–Trinajstić information content (AvgIpc) is 2.80. The predicted octanol–water partition coefficient (Wildman–Crippen LogP) is 2.81. The van der Waals surface area contributed by atoms with Crippen LogP contribution in [0.5, 0.6) is 0 Å². The lowest BCUT2D eigenvalue weighted by Gasteiger charge is -2.14. The van der Waals surface area contributed by atoms with Crippen molar-refractivity contribution in [2.24, 2.45) is 10.9 Å². The van der Waals surface area contributed by atoms with Crippen molar-refractivity contribution < 1.29 is 32.3 Å². The second-order valence-electron chi connectivity index (χ2n) is 6.83. The Morgan fingerprint density at radius 2 is 1.45 bits per heavy atom. The van der Waals surface area contributed by atoms with Crippen LogP contribution in [0.25, 0.3) is 0 Å². The molecule has 0 aliphatic heterocycles. The zero-order chi connectivity index (χ0) is 24.6. The highest BCUT2D eigenvalue weighted by atomic mass is 32.2. The monoisotopic (exact) mass is 476 g/mol. The van der Waals surface area contributed by atoms with Crippen LogP contribution in [0.3, 0.4) is 0 Å². The Kier molecular flexibility index (Phi) is 8.51. The average molecular weight is 477 g/mol. The highest BCUT2D eigenvalue weighted by molar-refractivity contribution is 7.91. The number of hydrogen-bond donors (Lipinski definition) is 3. The molecule has 0 saturated heterocycles. The molecular formula is C21H24N4O7S. The van der Waals surface area contributed by atoms with Gasteiger partial charge in [0.05, 0.1) is 35.4 Å². The molecule has 11 nitrogen and oxygen atoms in total. The molecule has 0 unspecified atom stereocenters. The van der Waals surface area contributed by atoms with Crippen molar-refractivity contribution in [1.29, 1.82) is 0 Å². The van der Waals surface area contributed by atoms with E-state index in [2.05, 4.69) is 30.4 Å². The number of nitrogens with zero attached hydrogens (tertiary/aromatic N) is 1. The molecule has 0 atom stereocenters. The highest BCUT2D eigenvalue weighted by Crippen LogP contribution is 2.31. The molecule has 2 aromatic carbocycles. The quantitative estimate of drug-likeness (QED) is 0.443. The minimum atomic E-state index is -3.89. The maximum atomic E-state index is 13.0. The molecule has 0 aliphatic rings. The maximum absolute atomic E-state index is 13.0. The fourth-order valence-corrected chi connectivity index (χ4v) is 3.70. The molecule has 2 aromatic rings. The molecule has 0 aromatic heterocycles. The van der Waals surface area contributed by atoms with Crippen molar-refractivity contribution in [2.45, 2.75) is 23.6 Å². The summed E-state index contributed by atoms with van der Waals surface area (Å²) < 4.78 is 35.0. The minimum absolute atomic E-state index is 0.0431. The number of rotatable bonds is 5. The van der Waals surface area contributed by atoms with E-state index in [1.165, 1.54) is 30.3 Å². The number of anilines is 1. The Hall–Kier alpha value is -3.93. The molecule has 3 N–H and O–H groups in total. The fraction of sp³-hybridized carbons (Fsp3) is 0.238. The van der Waals surface area contributed by atoms with Crippen LogP contribution < -0.4 is 16.0 Å². The summed E-state index contributed by atoms with van der Waals surface area (Å²) in [6.45, 7) is 3.32. The van der Waals surface area contributed by atoms with E-state index in [-0.39, 0.29) is 27.1 Å². The lowest BCUT2D eigenvalue weighted by atomic mass is 10.2. The third-order valence-electron chi connectivity index (χ3n) is 4.16. The first kappa shape index (κ1) is 25.3. The van der Waals surface area contributed by atoms with Gasteiger partial charge in [0.2, 0.25) is 21.7 Å². The summed E-state index contributed by atoms with van der Waals surface area (Å²) in [5, 5.41) is 7.02. The van der Waals surface area contributed by atoms with Crippen LogP contribution >= 0.6 is 0 Å². The largest absolute Gasteiger partial charge is 0.453 e. The fourth-order valence-electron chi connectivity index (χ4n) is 2.40. The van der Waals surface area contributed by atoms with Crippen molar-refractivity contribution in [3.8, 4) is 0 Å². The van der Waals surface area contributed by atoms with Crippen LogP contribution in [-0.4, -0.2) is 46.7 Å². The number of nitrogens with one attached hydrogen (secondary N) is 3. The molecule has 0 bridgehead atoms. The molecule has 2 rings (SSSR count). The summed E-state index contributed by atoms with van der Waals surface area (Å²) in [4.78, 5) is 39.7. The van der Waals surface area contributed by atoms with Gasteiger partial charge in [0.15, 0.2) is 0 Å². The van der Waals surface area contributed by atoms with Gasteiger partial charge in [-0.05, 0) is 30.3 Å². The van der Waals surface area contributed by atoms with Crippen molar-refractivity contribution >= 4 is 45.3 Å². The van der Waals surface area contributed by atoms with Gasteiger partial charge in [-0.15, -0.1) is 0 Å². The van der Waals surface area contributed by atoms with Gasteiger partial charge in [-0.3, -0.25) is 15.4 Å². The number of sulfone groups is 1.